The van der Waals surface area contributed by atoms with Crippen molar-refractivity contribution in [2.45, 2.75) is 12.3 Å². The fourth-order valence-corrected chi connectivity index (χ4v) is 2.52. The zero-order valence-corrected chi connectivity index (χ0v) is 12.5. The molecular weight excluding hydrogens is 318 g/mol. The summed E-state index contributed by atoms with van der Waals surface area (Å²) in [6.07, 6.45) is 0. The van der Waals surface area contributed by atoms with Crippen molar-refractivity contribution in [2.24, 2.45) is 0 Å². The molecule has 1 saturated heterocycles. The van der Waals surface area contributed by atoms with E-state index >= 15 is 0 Å². The van der Waals surface area contributed by atoms with Crippen molar-refractivity contribution in [3.8, 4) is 0 Å². The fourth-order valence-electron chi connectivity index (χ4n) is 1.85. The molecule has 18 heavy (non-hydrogen) atoms. The molecule has 0 N–H and O–H groups in total. The van der Waals surface area contributed by atoms with E-state index in [1.54, 1.807) is 4.90 Å². The third-order valence-electron chi connectivity index (χ3n) is 3.03. The predicted octanol–water partition coefficient (Wildman–Crippen LogP) is 2.90. The summed E-state index contributed by atoms with van der Waals surface area (Å²) < 4.78 is 6.20. The molecule has 0 aliphatic carbocycles. The fraction of sp³-hybridized carbons (Fsp3) is 0.462. The summed E-state index contributed by atoms with van der Waals surface area (Å²) in [5.41, 5.74) is 1.95. The minimum atomic E-state index is -0.625. The van der Waals surface area contributed by atoms with Crippen molar-refractivity contribution >= 4 is 33.4 Å². The molecule has 1 atom stereocenters. The van der Waals surface area contributed by atoms with Crippen LogP contribution >= 0.6 is 27.5 Å². The summed E-state index contributed by atoms with van der Waals surface area (Å²) in [5.74, 6) is -0.0456. The van der Waals surface area contributed by atoms with E-state index in [0.717, 1.165) is 15.6 Å². The van der Waals surface area contributed by atoms with Crippen molar-refractivity contribution in [3.63, 3.8) is 0 Å². The number of morpholine rings is 1. The number of amides is 1. The Morgan fingerprint density at radius 2 is 2.11 bits per heavy atom. The Kier molecular flexibility index (Phi) is 4.65. The van der Waals surface area contributed by atoms with Gasteiger partial charge in [-0.25, -0.2) is 0 Å². The number of nitrogens with zero attached hydrogens (tertiary/aromatic N) is 1. The van der Waals surface area contributed by atoms with Crippen LogP contribution in [0.4, 0.5) is 0 Å². The maximum Gasteiger partial charge on any atom is 0.245 e. The summed E-state index contributed by atoms with van der Waals surface area (Å²) in [5, 5.41) is -0.625. The van der Waals surface area contributed by atoms with E-state index in [0.29, 0.717) is 26.3 Å². The van der Waals surface area contributed by atoms with E-state index in [1.807, 2.05) is 25.1 Å². The molecular formula is C13H15BrClNO2. The van der Waals surface area contributed by atoms with Gasteiger partial charge in [0.25, 0.3) is 0 Å². The Bertz CT molecular complexity index is 447. The zero-order chi connectivity index (χ0) is 13.1. The Balaban J connectivity index is 2.11. The van der Waals surface area contributed by atoms with Gasteiger partial charge in [0.05, 0.1) is 13.2 Å². The van der Waals surface area contributed by atoms with Gasteiger partial charge in [0.15, 0.2) is 0 Å². The second-order valence-electron chi connectivity index (χ2n) is 4.31. The first kappa shape index (κ1) is 13.8. The van der Waals surface area contributed by atoms with E-state index in [4.69, 9.17) is 16.3 Å². The predicted molar refractivity (Wildman–Crippen MR) is 74.9 cm³/mol. The lowest BCUT2D eigenvalue weighted by molar-refractivity contribution is -0.134. The summed E-state index contributed by atoms with van der Waals surface area (Å²) in [6, 6.07) is 5.77. The van der Waals surface area contributed by atoms with Crippen LogP contribution in [-0.4, -0.2) is 37.1 Å². The van der Waals surface area contributed by atoms with Crippen LogP contribution in [0.2, 0.25) is 0 Å². The Hall–Kier alpha value is -0.580. The van der Waals surface area contributed by atoms with E-state index in [2.05, 4.69) is 15.9 Å². The van der Waals surface area contributed by atoms with Crippen molar-refractivity contribution in [2.75, 3.05) is 26.3 Å². The molecule has 1 aromatic rings. The Morgan fingerprint density at radius 1 is 1.44 bits per heavy atom. The smallest absolute Gasteiger partial charge is 0.245 e. The van der Waals surface area contributed by atoms with Crippen molar-refractivity contribution in [1.82, 2.24) is 4.90 Å². The molecule has 1 heterocycles. The zero-order valence-electron chi connectivity index (χ0n) is 10.2. The van der Waals surface area contributed by atoms with Crippen LogP contribution in [0, 0.1) is 6.92 Å². The molecule has 0 spiro atoms. The highest BCUT2D eigenvalue weighted by molar-refractivity contribution is 9.10. The molecule has 1 aliphatic rings. The summed E-state index contributed by atoms with van der Waals surface area (Å²) in [7, 11) is 0. The number of carbonyl (C=O) groups is 1. The summed E-state index contributed by atoms with van der Waals surface area (Å²) in [4.78, 5) is 14.0. The maximum atomic E-state index is 12.2. The third-order valence-corrected chi connectivity index (χ3v) is 4.32. The highest BCUT2D eigenvalue weighted by atomic mass is 79.9. The first-order valence-corrected chi connectivity index (χ1v) is 7.09. The molecule has 2 rings (SSSR count). The van der Waals surface area contributed by atoms with E-state index in [9.17, 15) is 4.79 Å². The lowest BCUT2D eigenvalue weighted by Gasteiger charge is -2.28. The maximum absolute atomic E-state index is 12.2. The number of rotatable bonds is 2. The van der Waals surface area contributed by atoms with Crippen LogP contribution in [0.5, 0.6) is 0 Å². The molecule has 0 aromatic heterocycles. The molecule has 98 valence electrons. The van der Waals surface area contributed by atoms with Crippen LogP contribution in [0.15, 0.2) is 22.7 Å². The standard InChI is InChI=1S/C13H15BrClNO2/c1-9-2-3-10(8-11(9)14)12(15)13(17)16-4-6-18-7-5-16/h2-3,8,12H,4-7H2,1H3. The number of hydrogen-bond donors (Lipinski definition) is 0. The minimum absolute atomic E-state index is 0.0456. The number of benzene rings is 1. The van der Waals surface area contributed by atoms with Gasteiger partial charge in [0.1, 0.15) is 5.38 Å². The minimum Gasteiger partial charge on any atom is -0.378 e. The molecule has 3 nitrogen and oxygen atoms in total. The normalized spacial score (nSPS) is 17.6. The van der Waals surface area contributed by atoms with Crippen LogP contribution in [0.3, 0.4) is 0 Å². The quantitative estimate of drug-likeness (QED) is 0.779. The molecule has 1 fully saturated rings. The monoisotopic (exact) mass is 331 g/mol. The van der Waals surface area contributed by atoms with Gasteiger partial charge in [-0.3, -0.25) is 4.79 Å². The van der Waals surface area contributed by atoms with Gasteiger partial charge in [-0.15, -0.1) is 11.6 Å². The number of carbonyl (C=O) groups excluding carboxylic acids is 1. The largest absolute Gasteiger partial charge is 0.378 e. The second-order valence-corrected chi connectivity index (χ2v) is 5.60. The first-order chi connectivity index (χ1) is 8.59. The number of halogens is 2. The van der Waals surface area contributed by atoms with E-state index in [1.165, 1.54) is 0 Å². The Labute approximate surface area is 120 Å². The number of hydrogen-bond acceptors (Lipinski definition) is 2. The average Bonchev–Trinajstić information content (AvgIpc) is 2.41. The SMILES string of the molecule is Cc1ccc(C(Cl)C(=O)N2CCOCC2)cc1Br. The van der Waals surface area contributed by atoms with Gasteiger partial charge >= 0.3 is 0 Å². The lowest BCUT2D eigenvalue weighted by Crippen LogP contribution is -2.42. The van der Waals surface area contributed by atoms with Gasteiger partial charge in [0, 0.05) is 17.6 Å². The Morgan fingerprint density at radius 3 is 2.72 bits per heavy atom. The number of ether oxygens (including phenoxy) is 1. The van der Waals surface area contributed by atoms with Crippen molar-refractivity contribution in [3.05, 3.63) is 33.8 Å². The first-order valence-electron chi connectivity index (χ1n) is 5.86. The molecule has 0 radical (unpaired) electrons. The molecule has 1 unspecified atom stereocenters. The van der Waals surface area contributed by atoms with E-state index < -0.39 is 5.38 Å². The van der Waals surface area contributed by atoms with Gasteiger partial charge in [-0.05, 0) is 24.1 Å². The van der Waals surface area contributed by atoms with Gasteiger partial charge in [-0.2, -0.15) is 0 Å². The molecule has 0 saturated carbocycles. The lowest BCUT2D eigenvalue weighted by atomic mass is 10.1. The highest BCUT2D eigenvalue weighted by Gasteiger charge is 2.25. The second kappa shape index (κ2) is 6.04. The van der Waals surface area contributed by atoms with Gasteiger partial charge < -0.3 is 9.64 Å². The van der Waals surface area contributed by atoms with Crippen LogP contribution < -0.4 is 0 Å². The summed E-state index contributed by atoms with van der Waals surface area (Å²) in [6.45, 7) is 4.42. The number of aryl methyl sites for hydroxylation is 1. The van der Waals surface area contributed by atoms with Crippen LogP contribution in [-0.2, 0) is 9.53 Å². The molecule has 0 bridgehead atoms. The molecule has 1 aliphatic heterocycles. The molecule has 1 amide bonds. The summed E-state index contributed by atoms with van der Waals surface area (Å²) >= 11 is 9.72. The third kappa shape index (κ3) is 3.05. The topological polar surface area (TPSA) is 29.5 Å². The average molecular weight is 333 g/mol. The van der Waals surface area contributed by atoms with Crippen LogP contribution in [0.1, 0.15) is 16.5 Å². The van der Waals surface area contributed by atoms with Crippen molar-refractivity contribution < 1.29 is 9.53 Å². The molecule has 1 aromatic carbocycles. The number of alkyl halides is 1. The van der Waals surface area contributed by atoms with Gasteiger partial charge in [0.2, 0.25) is 5.91 Å². The van der Waals surface area contributed by atoms with Crippen LogP contribution in [0.25, 0.3) is 0 Å². The molecule has 5 heteroatoms. The van der Waals surface area contributed by atoms with Gasteiger partial charge in [-0.1, -0.05) is 28.1 Å². The van der Waals surface area contributed by atoms with Crippen molar-refractivity contribution in [1.29, 1.82) is 0 Å². The van der Waals surface area contributed by atoms with E-state index in [-0.39, 0.29) is 5.91 Å². The highest BCUT2D eigenvalue weighted by Crippen LogP contribution is 2.27.